The molecule has 0 bridgehead atoms. The maximum Gasteiger partial charge on any atom is 0.238 e. The fraction of sp³-hybridized carbons (Fsp3) is 0.562. The molecular weight excluding hydrogens is 252 g/mol. The van der Waals surface area contributed by atoms with Gasteiger partial charge in [-0.25, -0.2) is 0 Å². The first-order valence-electron chi connectivity index (χ1n) is 7.22. The first-order chi connectivity index (χ1) is 9.43. The molecule has 0 saturated heterocycles. The average molecular weight is 278 g/mol. The van der Waals surface area contributed by atoms with E-state index in [1.165, 1.54) is 5.56 Å². The fourth-order valence-corrected chi connectivity index (χ4v) is 1.92. The van der Waals surface area contributed by atoms with Gasteiger partial charge < -0.3 is 15.8 Å². The van der Waals surface area contributed by atoms with E-state index in [4.69, 9.17) is 10.5 Å². The van der Waals surface area contributed by atoms with Gasteiger partial charge in [0.1, 0.15) is 18.4 Å². The van der Waals surface area contributed by atoms with Gasteiger partial charge in [-0.2, -0.15) is 0 Å². The number of nitrogens with two attached hydrogens (primary N) is 1. The smallest absolute Gasteiger partial charge is 0.238 e. The number of hydrogen-bond donors (Lipinski definition) is 2. The lowest BCUT2D eigenvalue weighted by Crippen LogP contribution is -2.48. The molecule has 112 valence electrons. The van der Waals surface area contributed by atoms with Crippen molar-refractivity contribution in [3.8, 4) is 5.75 Å². The van der Waals surface area contributed by atoms with E-state index < -0.39 is 11.9 Å². The molecule has 20 heavy (non-hydrogen) atoms. The Labute approximate surface area is 121 Å². The predicted molar refractivity (Wildman–Crippen MR) is 81.9 cm³/mol. The van der Waals surface area contributed by atoms with Crippen LogP contribution in [0.3, 0.4) is 0 Å². The Morgan fingerprint density at radius 3 is 2.30 bits per heavy atom. The van der Waals surface area contributed by atoms with E-state index in [0.29, 0.717) is 5.92 Å². The van der Waals surface area contributed by atoms with Gasteiger partial charge in [0, 0.05) is 6.04 Å². The summed E-state index contributed by atoms with van der Waals surface area (Å²) < 4.78 is 5.64. The van der Waals surface area contributed by atoms with Crippen LogP contribution in [0.4, 0.5) is 0 Å². The van der Waals surface area contributed by atoms with Gasteiger partial charge in [-0.1, -0.05) is 39.8 Å². The lowest BCUT2D eigenvalue weighted by molar-refractivity contribution is -0.120. The van der Waals surface area contributed by atoms with Crippen LogP contribution in [0.5, 0.6) is 5.75 Å². The van der Waals surface area contributed by atoms with Crippen molar-refractivity contribution in [2.75, 3.05) is 6.61 Å². The second kappa shape index (κ2) is 7.90. The molecule has 0 fully saturated rings. The number of carbonyl (C=O) groups excluding carboxylic acids is 1. The quantitative estimate of drug-likeness (QED) is 0.767. The Balaban J connectivity index is 2.57. The van der Waals surface area contributed by atoms with Crippen LogP contribution < -0.4 is 15.8 Å². The average Bonchev–Trinajstić information content (AvgIpc) is 2.42. The Morgan fingerprint density at radius 2 is 1.85 bits per heavy atom. The molecular formula is C16H26N2O2. The highest BCUT2D eigenvalue weighted by atomic mass is 16.5. The van der Waals surface area contributed by atoms with Gasteiger partial charge in [-0.3, -0.25) is 4.79 Å². The number of hydrogen-bond acceptors (Lipinski definition) is 3. The maximum absolute atomic E-state index is 11.3. The second-order valence-electron chi connectivity index (χ2n) is 5.47. The van der Waals surface area contributed by atoms with Gasteiger partial charge in [-0.15, -0.1) is 0 Å². The largest absolute Gasteiger partial charge is 0.491 e. The Hall–Kier alpha value is -1.55. The summed E-state index contributed by atoms with van der Waals surface area (Å²) in [6, 6.07) is 7.73. The van der Waals surface area contributed by atoms with Gasteiger partial charge in [0.15, 0.2) is 0 Å². The molecule has 0 heterocycles. The first kappa shape index (κ1) is 16.5. The van der Waals surface area contributed by atoms with Crippen molar-refractivity contribution in [3.63, 3.8) is 0 Å². The highest BCUT2D eigenvalue weighted by Gasteiger charge is 2.16. The van der Waals surface area contributed by atoms with Crippen LogP contribution in [0.15, 0.2) is 24.3 Å². The molecule has 1 rings (SSSR count). The molecule has 0 aliphatic rings. The molecule has 0 aliphatic carbocycles. The van der Waals surface area contributed by atoms with E-state index in [1.807, 2.05) is 26.0 Å². The molecule has 0 aliphatic heterocycles. The Kier molecular flexibility index (Phi) is 6.52. The minimum atomic E-state index is -0.468. The van der Waals surface area contributed by atoms with E-state index in [1.54, 1.807) is 0 Å². The van der Waals surface area contributed by atoms with Crippen LogP contribution in [-0.4, -0.2) is 24.6 Å². The summed E-state index contributed by atoms with van der Waals surface area (Å²) in [7, 11) is 0. The zero-order chi connectivity index (χ0) is 15.1. The van der Waals surface area contributed by atoms with Gasteiger partial charge in [0.2, 0.25) is 5.91 Å². The number of amides is 1. The lowest BCUT2D eigenvalue weighted by atomic mass is 9.99. The van der Waals surface area contributed by atoms with Gasteiger partial charge in [-0.05, 0) is 30.0 Å². The van der Waals surface area contributed by atoms with Crippen LogP contribution >= 0.6 is 0 Å². The summed E-state index contributed by atoms with van der Waals surface area (Å²) in [5.41, 5.74) is 6.65. The molecule has 1 aromatic rings. The summed E-state index contributed by atoms with van der Waals surface area (Å²) in [5, 5.41) is 3.09. The van der Waals surface area contributed by atoms with Crippen molar-refractivity contribution in [3.05, 3.63) is 29.8 Å². The van der Waals surface area contributed by atoms with E-state index in [9.17, 15) is 4.79 Å². The van der Waals surface area contributed by atoms with Crippen molar-refractivity contribution >= 4 is 5.91 Å². The zero-order valence-electron chi connectivity index (χ0n) is 12.8. The normalized spacial score (nSPS) is 14.1. The number of nitrogens with one attached hydrogen (secondary N) is 1. The summed E-state index contributed by atoms with van der Waals surface area (Å²) in [6.07, 6.45) is 1.11. The highest BCUT2D eigenvalue weighted by Crippen LogP contribution is 2.21. The molecule has 3 N–H and O–H groups in total. The van der Waals surface area contributed by atoms with Crippen LogP contribution in [0.2, 0.25) is 0 Å². The standard InChI is InChI=1S/C16H26N2O2/c1-5-12(4)13-6-8-14(9-7-13)20-10-15(16(17)19)18-11(2)3/h6-9,11-12,15,18H,5,10H2,1-4H3,(H2,17,19). The van der Waals surface area contributed by atoms with Crippen LogP contribution in [0.25, 0.3) is 0 Å². The summed E-state index contributed by atoms with van der Waals surface area (Å²) in [6.45, 7) is 8.56. The van der Waals surface area contributed by atoms with Crippen molar-refractivity contribution in [1.82, 2.24) is 5.32 Å². The monoisotopic (exact) mass is 278 g/mol. The highest BCUT2D eigenvalue weighted by molar-refractivity contribution is 5.80. The first-order valence-corrected chi connectivity index (χ1v) is 7.22. The summed E-state index contributed by atoms with van der Waals surface area (Å²) >= 11 is 0. The molecule has 0 spiro atoms. The number of ether oxygens (including phenoxy) is 1. The summed E-state index contributed by atoms with van der Waals surface area (Å²) in [4.78, 5) is 11.3. The van der Waals surface area contributed by atoms with Crippen LogP contribution in [0.1, 0.15) is 45.6 Å². The Bertz CT molecular complexity index is 415. The molecule has 2 unspecified atom stereocenters. The van der Waals surface area contributed by atoms with E-state index in [2.05, 4.69) is 31.3 Å². The van der Waals surface area contributed by atoms with E-state index in [0.717, 1.165) is 12.2 Å². The van der Waals surface area contributed by atoms with Crippen molar-refractivity contribution in [2.24, 2.45) is 5.73 Å². The van der Waals surface area contributed by atoms with Crippen LogP contribution in [-0.2, 0) is 4.79 Å². The topological polar surface area (TPSA) is 64.3 Å². The minimum Gasteiger partial charge on any atom is -0.491 e. The SMILES string of the molecule is CCC(C)c1ccc(OCC(NC(C)C)C(N)=O)cc1. The van der Waals surface area contributed by atoms with Gasteiger partial charge in [0.05, 0.1) is 0 Å². The summed E-state index contributed by atoms with van der Waals surface area (Å²) in [5.74, 6) is 0.911. The third kappa shape index (κ3) is 5.21. The number of rotatable bonds is 8. The lowest BCUT2D eigenvalue weighted by Gasteiger charge is -2.19. The van der Waals surface area contributed by atoms with Crippen molar-refractivity contribution in [2.45, 2.75) is 52.1 Å². The van der Waals surface area contributed by atoms with Gasteiger partial charge in [0.25, 0.3) is 0 Å². The van der Waals surface area contributed by atoms with E-state index in [-0.39, 0.29) is 12.6 Å². The van der Waals surface area contributed by atoms with Crippen molar-refractivity contribution < 1.29 is 9.53 Å². The zero-order valence-corrected chi connectivity index (χ0v) is 12.8. The third-order valence-corrected chi connectivity index (χ3v) is 3.36. The number of benzene rings is 1. The molecule has 1 aromatic carbocycles. The molecule has 0 aromatic heterocycles. The molecule has 4 heteroatoms. The predicted octanol–water partition coefficient (Wildman–Crippen LogP) is 2.43. The minimum absolute atomic E-state index is 0.184. The van der Waals surface area contributed by atoms with Gasteiger partial charge >= 0.3 is 0 Å². The molecule has 4 nitrogen and oxygen atoms in total. The second-order valence-corrected chi connectivity index (χ2v) is 5.47. The number of carbonyl (C=O) groups is 1. The fourth-order valence-electron chi connectivity index (χ4n) is 1.92. The molecule has 0 radical (unpaired) electrons. The van der Waals surface area contributed by atoms with Crippen molar-refractivity contribution in [1.29, 1.82) is 0 Å². The van der Waals surface area contributed by atoms with E-state index >= 15 is 0 Å². The molecule has 1 amide bonds. The Morgan fingerprint density at radius 1 is 1.25 bits per heavy atom. The molecule has 2 atom stereocenters. The number of primary amides is 1. The maximum atomic E-state index is 11.3. The third-order valence-electron chi connectivity index (χ3n) is 3.36. The molecule has 0 saturated carbocycles. The van der Waals surface area contributed by atoms with Crippen LogP contribution in [0, 0.1) is 0 Å².